The highest BCUT2D eigenvalue weighted by molar-refractivity contribution is 9.10. The Hall–Kier alpha value is -3.10. The van der Waals surface area contributed by atoms with Gasteiger partial charge in [-0.2, -0.15) is 10.4 Å². The lowest BCUT2D eigenvalue weighted by atomic mass is 10.2. The van der Waals surface area contributed by atoms with Gasteiger partial charge in [0.1, 0.15) is 22.3 Å². The number of benzene rings is 2. The molecule has 0 fully saturated rings. The van der Waals surface area contributed by atoms with E-state index in [9.17, 15) is 18.8 Å². The van der Waals surface area contributed by atoms with Crippen LogP contribution in [0.25, 0.3) is 11.0 Å². The smallest absolute Gasteiger partial charge is 0.276 e. The molecule has 0 saturated carbocycles. The summed E-state index contributed by atoms with van der Waals surface area (Å²) in [6.45, 7) is 4.11. The van der Waals surface area contributed by atoms with E-state index in [1.807, 2.05) is 13.0 Å². The van der Waals surface area contributed by atoms with Crippen LogP contribution in [0.3, 0.4) is 0 Å². The topological polar surface area (TPSA) is 88.5 Å². The number of amides is 1. The van der Waals surface area contributed by atoms with Gasteiger partial charge < -0.3 is 0 Å². The zero-order valence-corrected chi connectivity index (χ0v) is 20.6. The van der Waals surface area contributed by atoms with E-state index in [0.29, 0.717) is 34.5 Å². The maximum Gasteiger partial charge on any atom is 0.276 e. The molecule has 168 valence electrons. The minimum absolute atomic E-state index is 0.0511. The molecule has 0 radical (unpaired) electrons. The first-order valence-electron chi connectivity index (χ1n) is 9.79. The fourth-order valence-electron chi connectivity index (χ4n) is 3.53. The van der Waals surface area contributed by atoms with E-state index in [1.165, 1.54) is 10.6 Å². The van der Waals surface area contributed by atoms with Crippen molar-refractivity contribution >= 4 is 54.7 Å². The molecule has 1 N–H and O–H groups in total. The molecule has 0 bridgehead atoms. The van der Waals surface area contributed by atoms with Crippen molar-refractivity contribution in [2.45, 2.75) is 25.3 Å². The summed E-state index contributed by atoms with van der Waals surface area (Å²) in [7, 11) is 0. The van der Waals surface area contributed by atoms with E-state index in [2.05, 4.69) is 47.3 Å². The maximum absolute atomic E-state index is 14.8. The van der Waals surface area contributed by atoms with Gasteiger partial charge in [-0.15, -0.1) is 0 Å². The van der Waals surface area contributed by atoms with Crippen molar-refractivity contribution in [2.75, 3.05) is 5.32 Å². The van der Waals surface area contributed by atoms with Gasteiger partial charge in [0.15, 0.2) is 0 Å². The van der Waals surface area contributed by atoms with Crippen LogP contribution in [0.4, 0.5) is 14.7 Å². The van der Waals surface area contributed by atoms with Crippen LogP contribution in [0, 0.1) is 29.9 Å². The van der Waals surface area contributed by atoms with Gasteiger partial charge in [0.05, 0.1) is 33.9 Å². The van der Waals surface area contributed by atoms with Crippen LogP contribution in [0.15, 0.2) is 40.9 Å². The third-order valence-corrected chi connectivity index (χ3v) is 6.31. The summed E-state index contributed by atoms with van der Waals surface area (Å²) in [4.78, 5) is 16.4. The number of hydrogen-bond acceptors (Lipinski definition) is 4. The Bertz CT molecular complexity index is 1420. The molecular weight excluding hydrogens is 562 g/mol. The molecule has 1 unspecified atom stereocenters. The van der Waals surface area contributed by atoms with E-state index in [4.69, 9.17) is 0 Å². The normalized spacial score (nSPS) is 12.0. The Morgan fingerprint density at radius 1 is 1.24 bits per heavy atom. The van der Waals surface area contributed by atoms with E-state index < -0.39 is 22.5 Å². The Balaban J connectivity index is 1.87. The second-order valence-electron chi connectivity index (χ2n) is 7.18. The second kappa shape index (κ2) is 9.03. The van der Waals surface area contributed by atoms with E-state index in [-0.39, 0.29) is 16.0 Å². The Morgan fingerprint density at radius 2 is 1.94 bits per heavy atom. The van der Waals surface area contributed by atoms with Gasteiger partial charge in [0.25, 0.3) is 5.91 Å². The molecule has 11 heteroatoms. The summed E-state index contributed by atoms with van der Waals surface area (Å²) in [5.74, 6) is -1.99. The fraction of sp³-hybridized carbons (Fsp3) is 0.182. The maximum atomic E-state index is 14.8. The fourth-order valence-corrected chi connectivity index (χ4v) is 4.78. The van der Waals surface area contributed by atoms with Crippen molar-refractivity contribution in [3.05, 3.63) is 75.0 Å². The molecule has 2 aromatic carbocycles. The molecule has 0 spiro atoms. The second-order valence-corrected chi connectivity index (χ2v) is 8.96. The number of nitrogens with zero attached hydrogens (tertiary/aromatic N) is 5. The number of rotatable bonds is 5. The predicted molar refractivity (Wildman–Crippen MR) is 126 cm³/mol. The van der Waals surface area contributed by atoms with E-state index in [0.717, 1.165) is 12.1 Å². The molecule has 1 amide bonds. The Labute approximate surface area is 204 Å². The minimum Gasteiger partial charge on any atom is -0.292 e. The minimum atomic E-state index is -1.04. The number of aryl methyl sites for hydroxylation is 2. The van der Waals surface area contributed by atoms with Crippen molar-refractivity contribution in [1.29, 1.82) is 5.26 Å². The molecule has 0 aliphatic carbocycles. The van der Waals surface area contributed by atoms with Gasteiger partial charge in [-0.25, -0.2) is 13.8 Å². The van der Waals surface area contributed by atoms with Crippen LogP contribution in [-0.2, 0) is 6.54 Å². The van der Waals surface area contributed by atoms with Gasteiger partial charge in [0.2, 0.25) is 5.95 Å². The number of nitriles is 1. The largest absolute Gasteiger partial charge is 0.292 e. The van der Waals surface area contributed by atoms with Gasteiger partial charge in [-0.3, -0.25) is 19.4 Å². The van der Waals surface area contributed by atoms with Crippen molar-refractivity contribution < 1.29 is 13.6 Å². The highest BCUT2D eigenvalue weighted by Gasteiger charge is 2.26. The van der Waals surface area contributed by atoms with Crippen LogP contribution < -0.4 is 5.32 Å². The Morgan fingerprint density at radius 3 is 2.58 bits per heavy atom. The summed E-state index contributed by atoms with van der Waals surface area (Å²) in [5, 5.41) is 16.2. The van der Waals surface area contributed by atoms with E-state index in [1.54, 1.807) is 29.8 Å². The summed E-state index contributed by atoms with van der Waals surface area (Å²) in [6, 6.07) is 10.7. The number of halogens is 4. The number of hydrogen-bond donors (Lipinski definition) is 1. The van der Waals surface area contributed by atoms with Gasteiger partial charge >= 0.3 is 0 Å². The molecule has 0 saturated heterocycles. The molecule has 7 nitrogen and oxygen atoms in total. The summed E-state index contributed by atoms with van der Waals surface area (Å²) < 4.78 is 32.8. The lowest BCUT2D eigenvalue weighted by Crippen LogP contribution is -2.21. The third-order valence-electron chi connectivity index (χ3n) is 4.99. The molecular formula is C22H16Br2F2N6O. The van der Waals surface area contributed by atoms with Crippen LogP contribution in [-0.4, -0.2) is 25.2 Å². The monoisotopic (exact) mass is 576 g/mol. The van der Waals surface area contributed by atoms with Crippen LogP contribution in [0.5, 0.6) is 0 Å². The predicted octanol–water partition coefficient (Wildman–Crippen LogP) is 5.67. The molecule has 4 rings (SSSR count). The number of anilines is 1. The average molecular weight is 578 g/mol. The standard InChI is InChI=1S/C22H16Br2F2N6O/c1-3-31-18(6-11(2)30-31)21(33)29-22-28-16-7-12(10-27)4-5-17(16)32(22)20(24)19-14(25)8-13(23)9-15(19)26/h4-9,20H,3H2,1-2H3,(H,28,29,33). The summed E-state index contributed by atoms with van der Waals surface area (Å²) >= 11 is 6.46. The number of nitrogens with one attached hydrogen (secondary N) is 1. The molecule has 0 aliphatic rings. The zero-order chi connectivity index (χ0) is 23.9. The van der Waals surface area contributed by atoms with Crippen LogP contribution >= 0.6 is 31.9 Å². The number of fused-ring (bicyclic) bond motifs is 1. The van der Waals surface area contributed by atoms with Gasteiger partial charge in [0, 0.05) is 11.0 Å². The van der Waals surface area contributed by atoms with Gasteiger partial charge in [-0.1, -0.05) is 31.9 Å². The van der Waals surface area contributed by atoms with Crippen molar-refractivity contribution in [3.63, 3.8) is 0 Å². The number of carbonyl (C=O) groups excluding carboxylic acids is 1. The van der Waals surface area contributed by atoms with Crippen molar-refractivity contribution in [3.8, 4) is 6.07 Å². The number of aromatic nitrogens is 4. The first-order chi connectivity index (χ1) is 15.7. The van der Waals surface area contributed by atoms with Gasteiger partial charge in [-0.05, 0) is 50.2 Å². The Kier molecular flexibility index (Phi) is 6.32. The number of carbonyl (C=O) groups is 1. The molecule has 0 aliphatic heterocycles. The summed E-state index contributed by atoms with van der Waals surface area (Å²) in [6.07, 6.45) is 0. The molecule has 33 heavy (non-hydrogen) atoms. The number of alkyl halides is 1. The lowest BCUT2D eigenvalue weighted by molar-refractivity contribution is 0.101. The SMILES string of the molecule is CCn1nc(C)cc1C(=O)Nc1nc2cc(C#N)ccc2n1C(Br)c1c(F)cc(Br)cc1F. The highest BCUT2D eigenvalue weighted by Crippen LogP contribution is 2.37. The van der Waals surface area contributed by atoms with Crippen molar-refractivity contribution in [1.82, 2.24) is 19.3 Å². The number of imidazole rings is 1. The lowest BCUT2D eigenvalue weighted by Gasteiger charge is -2.18. The first-order valence-corrected chi connectivity index (χ1v) is 11.5. The first kappa shape index (κ1) is 23.1. The zero-order valence-electron chi connectivity index (χ0n) is 17.4. The van der Waals surface area contributed by atoms with Crippen LogP contribution in [0.1, 0.15) is 39.2 Å². The molecule has 2 heterocycles. The molecule has 4 aromatic rings. The van der Waals surface area contributed by atoms with Crippen molar-refractivity contribution in [2.24, 2.45) is 0 Å². The highest BCUT2D eigenvalue weighted by atomic mass is 79.9. The quantitative estimate of drug-likeness (QED) is 0.310. The van der Waals surface area contributed by atoms with E-state index >= 15 is 0 Å². The summed E-state index contributed by atoms with van der Waals surface area (Å²) in [5.41, 5.74) is 1.94. The average Bonchev–Trinajstić information content (AvgIpc) is 3.31. The molecule has 1 atom stereocenters. The molecule has 2 aromatic heterocycles. The third kappa shape index (κ3) is 4.28. The van der Waals surface area contributed by atoms with Crippen LogP contribution in [0.2, 0.25) is 0 Å².